The van der Waals surface area contributed by atoms with E-state index >= 15 is 0 Å². The number of nitro groups is 1. The average Bonchev–Trinajstić information content (AvgIpc) is 2.83. The number of likely N-dealkylation sites (tertiary alicyclic amines) is 1. The molecular formula is C15H20N2O4. The maximum Gasteiger partial charge on any atom is 0.306 e. The monoisotopic (exact) mass is 292 g/mol. The third-order valence-corrected chi connectivity index (χ3v) is 3.74. The van der Waals surface area contributed by atoms with Gasteiger partial charge in [-0.2, -0.15) is 0 Å². The summed E-state index contributed by atoms with van der Waals surface area (Å²) in [5.74, 6) is -0.626. The average molecular weight is 292 g/mol. The van der Waals surface area contributed by atoms with E-state index in [0.717, 1.165) is 5.56 Å². The summed E-state index contributed by atoms with van der Waals surface area (Å²) >= 11 is 0. The summed E-state index contributed by atoms with van der Waals surface area (Å²) in [7, 11) is 0. The Kier molecular flexibility index (Phi) is 5.27. The van der Waals surface area contributed by atoms with Crippen LogP contribution in [0.15, 0.2) is 30.3 Å². The van der Waals surface area contributed by atoms with Crippen molar-refractivity contribution in [2.75, 3.05) is 19.7 Å². The minimum absolute atomic E-state index is 0.116. The van der Waals surface area contributed by atoms with Gasteiger partial charge in [0.1, 0.15) is 0 Å². The number of hydrogen-bond acceptors (Lipinski definition) is 5. The Hall–Kier alpha value is -1.95. The Bertz CT molecular complexity index is 492. The van der Waals surface area contributed by atoms with Crippen LogP contribution in [0, 0.1) is 16.0 Å². The fourth-order valence-corrected chi connectivity index (χ4v) is 2.79. The van der Waals surface area contributed by atoms with E-state index in [9.17, 15) is 14.9 Å². The van der Waals surface area contributed by atoms with Crippen LogP contribution in [0.2, 0.25) is 0 Å². The Morgan fingerprint density at radius 1 is 1.38 bits per heavy atom. The van der Waals surface area contributed by atoms with Crippen molar-refractivity contribution in [3.8, 4) is 0 Å². The molecule has 0 spiro atoms. The second-order valence-electron chi connectivity index (χ2n) is 5.30. The van der Waals surface area contributed by atoms with Gasteiger partial charge < -0.3 is 4.74 Å². The van der Waals surface area contributed by atoms with Crippen LogP contribution in [0.1, 0.15) is 18.9 Å². The lowest BCUT2D eigenvalue weighted by atomic mass is 10.0. The van der Waals surface area contributed by atoms with Crippen molar-refractivity contribution >= 4 is 5.97 Å². The standard InChI is InChI=1S/C15H20N2O4/c1-2-21-15(18)8-13-10-16(11-14(13)17(19)20)9-12-6-4-3-5-7-12/h3-7,13-14H,2,8-11H2,1H3/t13-,14?/m0/s1. The maximum absolute atomic E-state index is 11.6. The molecule has 0 N–H and O–H groups in total. The topological polar surface area (TPSA) is 72.7 Å². The number of carbonyl (C=O) groups is 1. The number of benzene rings is 1. The van der Waals surface area contributed by atoms with E-state index in [2.05, 4.69) is 0 Å². The Labute approximate surface area is 123 Å². The fourth-order valence-electron chi connectivity index (χ4n) is 2.79. The fraction of sp³-hybridized carbons (Fsp3) is 0.533. The van der Waals surface area contributed by atoms with E-state index in [1.165, 1.54) is 0 Å². The maximum atomic E-state index is 11.6. The van der Waals surface area contributed by atoms with E-state index in [0.29, 0.717) is 26.2 Å². The van der Waals surface area contributed by atoms with Crippen LogP contribution in [-0.4, -0.2) is 41.5 Å². The summed E-state index contributed by atoms with van der Waals surface area (Å²) < 4.78 is 4.91. The van der Waals surface area contributed by atoms with Crippen LogP contribution < -0.4 is 0 Å². The van der Waals surface area contributed by atoms with Gasteiger partial charge in [0.05, 0.1) is 25.5 Å². The molecule has 1 saturated heterocycles. The van der Waals surface area contributed by atoms with Crippen LogP contribution in [0.4, 0.5) is 0 Å². The molecule has 2 rings (SSSR count). The zero-order valence-electron chi connectivity index (χ0n) is 12.1. The summed E-state index contributed by atoms with van der Waals surface area (Å²) in [6, 6.07) is 9.15. The lowest BCUT2D eigenvalue weighted by Crippen LogP contribution is -2.30. The molecule has 0 radical (unpaired) electrons. The summed E-state index contributed by atoms with van der Waals surface area (Å²) in [4.78, 5) is 24.5. The molecule has 6 heteroatoms. The minimum Gasteiger partial charge on any atom is -0.466 e. The van der Waals surface area contributed by atoms with Gasteiger partial charge in [-0.3, -0.25) is 19.8 Å². The van der Waals surface area contributed by atoms with Crippen molar-refractivity contribution in [1.82, 2.24) is 4.90 Å². The first-order valence-electron chi connectivity index (χ1n) is 7.15. The second-order valence-corrected chi connectivity index (χ2v) is 5.30. The van der Waals surface area contributed by atoms with Crippen molar-refractivity contribution in [2.45, 2.75) is 25.9 Å². The molecule has 2 atom stereocenters. The van der Waals surface area contributed by atoms with Gasteiger partial charge in [0.2, 0.25) is 6.04 Å². The molecule has 114 valence electrons. The molecule has 6 nitrogen and oxygen atoms in total. The Morgan fingerprint density at radius 2 is 2.10 bits per heavy atom. The molecule has 1 fully saturated rings. The molecule has 1 aliphatic rings. The summed E-state index contributed by atoms with van der Waals surface area (Å²) in [5.41, 5.74) is 1.12. The van der Waals surface area contributed by atoms with Crippen LogP contribution in [0.5, 0.6) is 0 Å². The first kappa shape index (κ1) is 15.4. The molecule has 1 unspecified atom stereocenters. The third-order valence-electron chi connectivity index (χ3n) is 3.74. The van der Waals surface area contributed by atoms with Gasteiger partial charge in [-0.25, -0.2) is 0 Å². The van der Waals surface area contributed by atoms with Crippen LogP contribution in [0.3, 0.4) is 0 Å². The molecule has 1 heterocycles. The highest BCUT2D eigenvalue weighted by Gasteiger charge is 2.42. The van der Waals surface area contributed by atoms with Crippen LogP contribution in [0.25, 0.3) is 0 Å². The Balaban J connectivity index is 1.98. The van der Waals surface area contributed by atoms with Gasteiger partial charge >= 0.3 is 5.97 Å². The normalized spacial score (nSPS) is 22.1. The van der Waals surface area contributed by atoms with Gasteiger partial charge in [0, 0.05) is 18.0 Å². The molecule has 0 amide bonds. The highest BCUT2D eigenvalue weighted by molar-refractivity contribution is 5.69. The van der Waals surface area contributed by atoms with E-state index in [1.54, 1.807) is 6.92 Å². The van der Waals surface area contributed by atoms with Gasteiger partial charge in [0.15, 0.2) is 0 Å². The summed E-state index contributed by atoms with van der Waals surface area (Å²) in [6.45, 7) is 3.65. The second kappa shape index (κ2) is 7.17. The third kappa shape index (κ3) is 4.26. The lowest BCUT2D eigenvalue weighted by Gasteiger charge is -2.14. The highest BCUT2D eigenvalue weighted by Crippen LogP contribution is 2.24. The number of rotatable bonds is 6. The number of esters is 1. The zero-order chi connectivity index (χ0) is 15.2. The quantitative estimate of drug-likeness (QED) is 0.453. The highest BCUT2D eigenvalue weighted by atomic mass is 16.6. The smallest absolute Gasteiger partial charge is 0.306 e. The molecule has 1 aromatic rings. The molecule has 0 aromatic heterocycles. The van der Waals surface area contributed by atoms with Crippen molar-refractivity contribution in [3.05, 3.63) is 46.0 Å². The predicted molar refractivity (Wildman–Crippen MR) is 77.2 cm³/mol. The Morgan fingerprint density at radius 3 is 2.71 bits per heavy atom. The van der Waals surface area contributed by atoms with Gasteiger partial charge in [-0.15, -0.1) is 0 Å². The molecule has 0 saturated carbocycles. The predicted octanol–water partition coefficient (Wildman–Crippen LogP) is 1.72. The van der Waals surface area contributed by atoms with Crippen LogP contribution in [-0.2, 0) is 16.1 Å². The van der Waals surface area contributed by atoms with E-state index in [-0.39, 0.29) is 23.2 Å². The van der Waals surface area contributed by atoms with E-state index in [1.807, 2.05) is 35.2 Å². The van der Waals surface area contributed by atoms with Crippen molar-refractivity contribution in [1.29, 1.82) is 0 Å². The number of ether oxygens (including phenoxy) is 1. The van der Waals surface area contributed by atoms with Crippen molar-refractivity contribution in [3.63, 3.8) is 0 Å². The first-order chi connectivity index (χ1) is 10.1. The number of nitrogens with zero attached hydrogens (tertiary/aromatic N) is 2. The zero-order valence-corrected chi connectivity index (χ0v) is 12.1. The summed E-state index contributed by atoms with van der Waals surface area (Å²) in [6.07, 6.45) is 0.116. The van der Waals surface area contributed by atoms with Crippen molar-refractivity contribution in [2.24, 2.45) is 5.92 Å². The van der Waals surface area contributed by atoms with Crippen LogP contribution >= 0.6 is 0 Å². The van der Waals surface area contributed by atoms with Gasteiger partial charge in [-0.1, -0.05) is 30.3 Å². The molecule has 21 heavy (non-hydrogen) atoms. The molecule has 1 aromatic carbocycles. The molecular weight excluding hydrogens is 272 g/mol. The first-order valence-corrected chi connectivity index (χ1v) is 7.15. The summed E-state index contributed by atoms with van der Waals surface area (Å²) in [5, 5.41) is 11.2. The SMILES string of the molecule is CCOC(=O)C[C@H]1CN(Cc2ccccc2)CC1[N+](=O)[O-]. The lowest BCUT2D eigenvalue weighted by molar-refractivity contribution is -0.525. The molecule has 0 bridgehead atoms. The number of hydrogen-bond donors (Lipinski definition) is 0. The molecule has 1 aliphatic heterocycles. The minimum atomic E-state index is -0.696. The van der Waals surface area contributed by atoms with Gasteiger partial charge in [-0.05, 0) is 12.5 Å². The van der Waals surface area contributed by atoms with Gasteiger partial charge in [0.25, 0.3) is 0 Å². The molecule has 0 aliphatic carbocycles. The van der Waals surface area contributed by atoms with E-state index in [4.69, 9.17) is 4.74 Å². The number of carbonyl (C=O) groups excluding carboxylic acids is 1. The van der Waals surface area contributed by atoms with Crippen molar-refractivity contribution < 1.29 is 14.5 Å². The van der Waals surface area contributed by atoms with E-state index < -0.39 is 6.04 Å². The largest absolute Gasteiger partial charge is 0.466 e.